The van der Waals surface area contributed by atoms with Crippen molar-refractivity contribution in [2.45, 2.75) is 39.7 Å². The maximum absolute atomic E-state index is 3.43. The molecule has 1 nitrogen and oxygen atoms in total. The molecule has 0 bridgehead atoms. The molecule has 0 aromatic heterocycles. The lowest BCUT2D eigenvalue weighted by Crippen LogP contribution is -2.13. The maximum atomic E-state index is 3.43. The van der Waals surface area contributed by atoms with Gasteiger partial charge in [0.15, 0.2) is 0 Å². The van der Waals surface area contributed by atoms with Gasteiger partial charge in [-0.1, -0.05) is 50.3 Å². The van der Waals surface area contributed by atoms with Crippen molar-refractivity contribution in [1.29, 1.82) is 0 Å². The van der Waals surface area contributed by atoms with E-state index in [0.29, 0.717) is 5.92 Å². The van der Waals surface area contributed by atoms with Gasteiger partial charge in [0.25, 0.3) is 0 Å². The van der Waals surface area contributed by atoms with Crippen LogP contribution in [0.15, 0.2) is 36.4 Å². The first-order valence-electron chi connectivity index (χ1n) is 6.14. The monoisotopic (exact) mass is 217 g/mol. The van der Waals surface area contributed by atoms with Crippen molar-refractivity contribution in [3.63, 3.8) is 0 Å². The first-order chi connectivity index (χ1) is 7.74. The Morgan fingerprint density at radius 2 is 1.88 bits per heavy atom. The van der Waals surface area contributed by atoms with Crippen molar-refractivity contribution in [3.8, 4) is 0 Å². The molecule has 16 heavy (non-hydrogen) atoms. The molecule has 0 fully saturated rings. The van der Waals surface area contributed by atoms with Gasteiger partial charge in [0.2, 0.25) is 0 Å². The molecule has 0 aliphatic carbocycles. The molecule has 1 N–H and O–H groups in total. The van der Waals surface area contributed by atoms with Gasteiger partial charge in [-0.05, 0) is 36.9 Å². The van der Waals surface area contributed by atoms with Crippen molar-refractivity contribution in [2.24, 2.45) is 0 Å². The summed E-state index contributed by atoms with van der Waals surface area (Å²) in [6, 6.07) is 8.90. The van der Waals surface area contributed by atoms with Crippen LogP contribution in [0, 0.1) is 0 Å². The van der Waals surface area contributed by atoms with E-state index in [1.54, 1.807) is 0 Å². The largest absolute Gasteiger partial charge is 0.312 e. The van der Waals surface area contributed by atoms with Gasteiger partial charge in [-0.3, -0.25) is 0 Å². The first-order valence-corrected chi connectivity index (χ1v) is 6.14. The summed E-state index contributed by atoms with van der Waals surface area (Å²) < 4.78 is 0. The fourth-order valence-corrected chi connectivity index (χ4v) is 1.61. The Hall–Kier alpha value is -1.08. The average molecular weight is 217 g/mol. The highest BCUT2D eigenvalue weighted by Crippen LogP contribution is 2.14. The molecule has 0 amide bonds. The van der Waals surface area contributed by atoms with Crippen molar-refractivity contribution in [3.05, 3.63) is 47.5 Å². The van der Waals surface area contributed by atoms with Crippen LogP contribution in [-0.4, -0.2) is 6.54 Å². The van der Waals surface area contributed by atoms with Gasteiger partial charge in [0.1, 0.15) is 0 Å². The predicted octanol–water partition coefficient (Wildman–Crippen LogP) is 3.87. The SMILES string of the molecule is C/C=C/CCNCc1ccc(C(C)C)cc1. The van der Waals surface area contributed by atoms with E-state index in [1.165, 1.54) is 11.1 Å². The topological polar surface area (TPSA) is 12.0 Å². The number of benzene rings is 1. The van der Waals surface area contributed by atoms with E-state index in [1.807, 2.05) is 0 Å². The maximum Gasteiger partial charge on any atom is 0.0205 e. The summed E-state index contributed by atoms with van der Waals surface area (Å²) in [5, 5.41) is 3.43. The van der Waals surface area contributed by atoms with Gasteiger partial charge in [-0.2, -0.15) is 0 Å². The molecular weight excluding hydrogens is 194 g/mol. The molecule has 0 unspecified atom stereocenters. The Kier molecular flexibility index (Phi) is 5.87. The molecule has 0 saturated heterocycles. The van der Waals surface area contributed by atoms with Gasteiger partial charge in [-0.25, -0.2) is 0 Å². The van der Waals surface area contributed by atoms with Crippen LogP contribution in [0.2, 0.25) is 0 Å². The highest BCUT2D eigenvalue weighted by Gasteiger charge is 1.98. The Bertz CT molecular complexity index is 309. The number of nitrogens with one attached hydrogen (secondary N) is 1. The fraction of sp³-hybridized carbons (Fsp3) is 0.467. The van der Waals surface area contributed by atoms with Crippen LogP contribution in [0.25, 0.3) is 0 Å². The van der Waals surface area contributed by atoms with E-state index in [0.717, 1.165) is 19.5 Å². The average Bonchev–Trinajstić information content (AvgIpc) is 2.29. The third-order valence-electron chi connectivity index (χ3n) is 2.70. The van der Waals surface area contributed by atoms with Crippen LogP contribution in [0.1, 0.15) is 44.2 Å². The summed E-state index contributed by atoms with van der Waals surface area (Å²) >= 11 is 0. The van der Waals surface area contributed by atoms with Crippen LogP contribution in [0.4, 0.5) is 0 Å². The zero-order valence-electron chi connectivity index (χ0n) is 10.7. The Labute approximate surface area is 99.6 Å². The summed E-state index contributed by atoms with van der Waals surface area (Å²) in [4.78, 5) is 0. The van der Waals surface area contributed by atoms with Crippen molar-refractivity contribution >= 4 is 0 Å². The lowest BCUT2D eigenvalue weighted by Gasteiger charge is -2.07. The second-order valence-electron chi connectivity index (χ2n) is 4.43. The lowest BCUT2D eigenvalue weighted by atomic mass is 10.0. The molecule has 0 saturated carbocycles. The van der Waals surface area contributed by atoms with Crippen LogP contribution in [0.5, 0.6) is 0 Å². The fourth-order valence-electron chi connectivity index (χ4n) is 1.61. The second-order valence-corrected chi connectivity index (χ2v) is 4.43. The third-order valence-corrected chi connectivity index (χ3v) is 2.70. The molecular formula is C15H23N. The molecule has 1 aromatic carbocycles. The molecule has 0 atom stereocenters. The minimum atomic E-state index is 0.622. The summed E-state index contributed by atoms with van der Waals surface area (Å²) in [6.07, 6.45) is 5.40. The van der Waals surface area contributed by atoms with Gasteiger partial charge in [0, 0.05) is 6.54 Å². The minimum absolute atomic E-state index is 0.622. The van der Waals surface area contributed by atoms with Crippen LogP contribution >= 0.6 is 0 Å². The molecule has 1 aromatic rings. The molecule has 0 aliphatic heterocycles. The number of hydrogen-bond acceptors (Lipinski definition) is 1. The summed E-state index contributed by atoms with van der Waals surface area (Å²) in [6.45, 7) is 8.53. The summed E-state index contributed by atoms with van der Waals surface area (Å²) in [5.41, 5.74) is 2.78. The van der Waals surface area contributed by atoms with Gasteiger partial charge in [0.05, 0.1) is 0 Å². The minimum Gasteiger partial charge on any atom is -0.312 e. The van der Waals surface area contributed by atoms with Crippen LogP contribution in [0.3, 0.4) is 0 Å². The standard InChI is InChI=1S/C15H23N/c1-4-5-6-11-16-12-14-7-9-15(10-8-14)13(2)3/h4-5,7-10,13,16H,6,11-12H2,1-3H3/b5-4+. The van der Waals surface area contributed by atoms with Gasteiger partial charge in [-0.15, -0.1) is 0 Å². The van der Waals surface area contributed by atoms with Gasteiger partial charge >= 0.3 is 0 Å². The highest BCUT2D eigenvalue weighted by molar-refractivity contribution is 5.24. The molecule has 0 spiro atoms. The van der Waals surface area contributed by atoms with E-state index in [-0.39, 0.29) is 0 Å². The quantitative estimate of drug-likeness (QED) is 0.563. The molecule has 0 aliphatic rings. The molecule has 1 rings (SSSR count). The van der Waals surface area contributed by atoms with Crippen molar-refractivity contribution in [1.82, 2.24) is 5.32 Å². The second kappa shape index (κ2) is 7.24. The van der Waals surface area contributed by atoms with Gasteiger partial charge < -0.3 is 5.32 Å². The molecule has 0 heterocycles. The third kappa shape index (κ3) is 4.63. The van der Waals surface area contributed by atoms with Crippen molar-refractivity contribution < 1.29 is 0 Å². The van der Waals surface area contributed by atoms with E-state index < -0.39 is 0 Å². The normalized spacial score (nSPS) is 11.5. The van der Waals surface area contributed by atoms with Crippen molar-refractivity contribution in [2.75, 3.05) is 6.54 Å². The summed E-state index contributed by atoms with van der Waals surface area (Å²) in [5.74, 6) is 0.622. The predicted molar refractivity (Wildman–Crippen MR) is 71.7 cm³/mol. The summed E-state index contributed by atoms with van der Waals surface area (Å²) in [7, 11) is 0. The van der Waals surface area contributed by atoms with E-state index in [2.05, 4.69) is 62.5 Å². The number of allylic oxidation sites excluding steroid dienone is 1. The van der Waals surface area contributed by atoms with Crippen LogP contribution in [-0.2, 0) is 6.54 Å². The zero-order valence-corrected chi connectivity index (χ0v) is 10.7. The molecule has 1 heteroatoms. The van der Waals surface area contributed by atoms with Crippen LogP contribution < -0.4 is 5.32 Å². The lowest BCUT2D eigenvalue weighted by molar-refractivity contribution is 0.694. The Morgan fingerprint density at radius 3 is 2.44 bits per heavy atom. The zero-order chi connectivity index (χ0) is 11.8. The first kappa shape index (κ1) is 13.0. The van der Waals surface area contributed by atoms with E-state index in [4.69, 9.17) is 0 Å². The highest BCUT2D eigenvalue weighted by atomic mass is 14.8. The Morgan fingerprint density at radius 1 is 1.19 bits per heavy atom. The number of hydrogen-bond donors (Lipinski definition) is 1. The smallest absolute Gasteiger partial charge is 0.0205 e. The Balaban J connectivity index is 2.32. The number of rotatable bonds is 6. The molecule has 88 valence electrons. The van der Waals surface area contributed by atoms with E-state index in [9.17, 15) is 0 Å². The van der Waals surface area contributed by atoms with E-state index >= 15 is 0 Å². The molecule has 0 radical (unpaired) electrons.